The first kappa shape index (κ1) is 51.6. The highest BCUT2D eigenvalue weighted by Crippen LogP contribution is 2.44. The lowest BCUT2D eigenvalue weighted by atomic mass is 9.76. The second-order valence-electron chi connectivity index (χ2n) is 19.2. The summed E-state index contributed by atoms with van der Waals surface area (Å²) in [7, 11) is -3.83. The molecule has 0 radical (unpaired) electrons. The molecule has 62 heavy (non-hydrogen) atoms. The van der Waals surface area contributed by atoms with Gasteiger partial charge in [0, 0.05) is 19.5 Å². The van der Waals surface area contributed by atoms with E-state index in [1.807, 2.05) is 75.4 Å². The van der Waals surface area contributed by atoms with E-state index >= 15 is 0 Å². The van der Waals surface area contributed by atoms with Gasteiger partial charge in [0.1, 0.15) is 41.2 Å². The number of ether oxygens (including phenoxy) is 4. The second kappa shape index (κ2) is 22.6. The molecule has 346 valence electrons. The van der Waals surface area contributed by atoms with Crippen LogP contribution in [-0.4, -0.2) is 86.5 Å². The molecule has 3 atom stereocenters. The Kier molecular flexibility index (Phi) is 18.8. The monoisotopic (exact) mass is 886 g/mol. The molecule has 16 heteroatoms. The van der Waals surface area contributed by atoms with Gasteiger partial charge in [0.15, 0.2) is 0 Å². The van der Waals surface area contributed by atoms with Gasteiger partial charge in [0.25, 0.3) is 0 Å². The molecule has 0 saturated heterocycles. The Hall–Kier alpha value is -4.70. The lowest BCUT2D eigenvalue weighted by Crippen LogP contribution is -2.52. The van der Waals surface area contributed by atoms with Crippen molar-refractivity contribution in [2.45, 2.75) is 156 Å². The summed E-state index contributed by atoms with van der Waals surface area (Å²) in [6.07, 6.45) is 3.64. The van der Waals surface area contributed by atoms with Crippen molar-refractivity contribution in [3.8, 4) is 5.75 Å². The van der Waals surface area contributed by atoms with Crippen molar-refractivity contribution >= 4 is 39.9 Å². The average molecular weight is 887 g/mol. The predicted octanol–water partition coefficient (Wildman–Crippen LogP) is 6.27. The van der Waals surface area contributed by atoms with E-state index in [4.69, 9.17) is 18.9 Å². The van der Waals surface area contributed by atoms with Crippen LogP contribution in [0, 0.1) is 11.3 Å². The fourth-order valence-corrected chi connectivity index (χ4v) is 7.86. The number of esters is 2. The van der Waals surface area contributed by atoms with Crippen LogP contribution in [0.4, 0.5) is 4.79 Å². The third kappa shape index (κ3) is 19.6. The number of benzene rings is 2. The van der Waals surface area contributed by atoms with Crippen molar-refractivity contribution in [3.05, 3.63) is 65.7 Å². The van der Waals surface area contributed by atoms with E-state index < -0.39 is 80.1 Å². The lowest BCUT2D eigenvalue weighted by molar-refractivity contribution is -0.163. The van der Waals surface area contributed by atoms with Crippen molar-refractivity contribution in [1.29, 1.82) is 0 Å². The maximum Gasteiger partial charge on any atom is 0.407 e. The molecule has 3 amide bonds. The van der Waals surface area contributed by atoms with E-state index in [9.17, 15) is 32.4 Å². The van der Waals surface area contributed by atoms with E-state index in [-0.39, 0.29) is 39.0 Å². The molecule has 2 aromatic carbocycles. The molecule has 2 aromatic rings. The molecule has 1 saturated carbocycles. The molecule has 0 heterocycles. The first-order chi connectivity index (χ1) is 28.7. The van der Waals surface area contributed by atoms with E-state index in [0.717, 1.165) is 17.4 Å². The SMILES string of the molecule is CC(C)(C)OC(=O)[C@H](CNC(=O)[C@H](CCCCNC(=O)OCc1ccccc1)NS(C)(=O)=O)CC1(C(=O)N[C@@H](Cc2ccc(OC(C)(C)C)cc2)C(=O)OC(C)(C)C)CCCC1. The Morgan fingerprint density at radius 2 is 1.32 bits per heavy atom. The van der Waals surface area contributed by atoms with Gasteiger partial charge in [0.2, 0.25) is 21.8 Å². The Bertz CT molecular complexity index is 1900. The lowest BCUT2D eigenvalue weighted by Gasteiger charge is -2.34. The maximum absolute atomic E-state index is 14.5. The topological polar surface area (TPSA) is 205 Å². The minimum absolute atomic E-state index is 0.00408. The summed E-state index contributed by atoms with van der Waals surface area (Å²) in [6.45, 7) is 16.4. The van der Waals surface area contributed by atoms with E-state index in [1.165, 1.54) is 0 Å². The molecule has 15 nitrogen and oxygen atoms in total. The number of sulfonamides is 1. The fourth-order valence-electron chi connectivity index (χ4n) is 7.12. The van der Waals surface area contributed by atoms with Crippen molar-refractivity contribution in [1.82, 2.24) is 20.7 Å². The van der Waals surface area contributed by atoms with Gasteiger partial charge in [-0.3, -0.25) is 14.4 Å². The third-order valence-electron chi connectivity index (χ3n) is 9.80. The molecule has 0 aliphatic heterocycles. The molecule has 0 aromatic heterocycles. The highest BCUT2D eigenvalue weighted by atomic mass is 32.2. The second-order valence-corrected chi connectivity index (χ2v) is 21.0. The molecule has 0 unspecified atom stereocenters. The van der Waals surface area contributed by atoms with Crippen molar-refractivity contribution in [3.63, 3.8) is 0 Å². The largest absolute Gasteiger partial charge is 0.488 e. The quantitative estimate of drug-likeness (QED) is 0.0625. The van der Waals surface area contributed by atoms with E-state index in [0.29, 0.717) is 44.3 Å². The van der Waals surface area contributed by atoms with E-state index in [2.05, 4.69) is 20.7 Å². The number of hydrogen-bond acceptors (Lipinski definition) is 11. The number of carbonyl (C=O) groups excluding carboxylic acids is 5. The van der Waals surface area contributed by atoms with E-state index in [1.54, 1.807) is 41.5 Å². The smallest absolute Gasteiger partial charge is 0.407 e. The minimum Gasteiger partial charge on any atom is -0.488 e. The van der Waals surface area contributed by atoms with Gasteiger partial charge in [0.05, 0.1) is 17.6 Å². The normalized spacial score (nSPS) is 15.6. The summed E-state index contributed by atoms with van der Waals surface area (Å²) in [5.74, 6) is -2.64. The van der Waals surface area contributed by atoms with Crippen LogP contribution in [0.1, 0.15) is 125 Å². The zero-order valence-electron chi connectivity index (χ0n) is 38.3. The number of nitrogens with one attached hydrogen (secondary N) is 4. The number of carbonyl (C=O) groups is 5. The summed E-state index contributed by atoms with van der Waals surface area (Å²) < 4.78 is 49.8. The Morgan fingerprint density at radius 1 is 0.726 bits per heavy atom. The van der Waals surface area contributed by atoms with Gasteiger partial charge in [-0.1, -0.05) is 55.3 Å². The minimum atomic E-state index is -3.83. The van der Waals surface area contributed by atoms with Crippen molar-refractivity contribution < 1.29 is 51.3 Å². The van der Waals surface area contributed by atoms with Gasteiger partial charge in [-0.25, -0.2) is 22.7 Å². The van der Waals surface area contributed by atoms with Gasteiger partial charge in [-0.05, 0) is 124 Å². The average Bonchev–Trinajstić information content (AvgIpc) is 3.63. The summed E-state index contributed by atoms with van der Waals surface area (Å²) >= 11 is 0. The van der Waals surface area contributed by atoms with Crippen LogP contribution in [-0.2, 0) is 56.4 Å². The van der Waals surface area contributed by atoms with Crippen LogP contribution < -0.4 is 25.4 Å². The molecule has 4 N–H and O–H groups in total. The maximum atomic E-state index is 14.5. The first-order valence-electron chi connectivity index (χ1n) is 21.5. The zero-order chi connectivity index (χ0) is 46.4. The highest BCUT2D eigenvalue weighted by Gasteiger charge is 2.46. The molecular weight excluding hydrogens is 817 g/mol. The summed E-state index contributed by atoms with van der Waals surface area (Å²) in [5.41, 5.74) is -1.59. The van der Waals surface area contributed by atoms with Gasteiger partial charge < -0.3 is 34.9 Å². The summed E-state index contributed by atoms with van der Waals surface area (Å²) in [5, 5.41) is 8.40. The van der Waals surface area contributed by atoms with Crippen LogP contribution in [0.2, 0.25) is 0 Å². The molecule has 3 rings (SSSR count). The van der Waals surface area contributed by atoms with Crippen LogP contribution in [0.25, 0.3) is 0 Å². The summed E-state index contributed by atoms with van der Waals surface area (Å²) in [4.78, 5) is 67.8. The Morgan fingerprint density at radius 3 is 1.89 bits per heavy atom. The molecule has 1 aliphatic rings. The van der Waals surface area contributed by atoms with Crippen molar-refractivity contribution in [2.75, 3.05) is 19.3 Å². The van der Waals surface area contributed by atoms with Gasteiger partial charge in [-0.15, -0.1) is 0 Å². The molecule has 1 aliphatic carbocycles. The van der Waals surface area contributed by atoms with Gasteiger partial charge >= 0.3 is 18.0 Å². The van der Waals surface area contributed by atoms with Crippen LogP contribution >= 0.6 is 0 Å². The molecule has 1 fully saturated rings. The number of amides is 3. The first-order valence-corrected chi connectivity index (χ1v) is 23.4. The Balaban J connectivity index is 1.76. The molecule has 0 spiro atoms. The van der Waals surface area contributed by atoms with Crippen LogP contribution in [0.15, 0.2) is 54.6 Å². The number of unbranched alkanes of at least 4 members (excludes halogenated alkanes) is 1. The number of alkyl carbamates (subject to hydrolysis) is 1. The van der Waals surface area contributed by atoms with Crippen LogP contribution in [0.5, 0.6) is 5.75 Å². The number of hydrogen-bond donors (Lipinski definition) is 4. The fraction of sp³-hybridized carbons (Fsp3) is 0.630. The predicted molar refractivity (Wildman–Crippen MR) is 236 cm³/mol. The summed E-state index contributed by atoms with van der Waals surface area (Å²) in [6, 6.07) is 14.3. The third-order valence-corrected chi connectivity index (χ3v) is 10.5. The number of rotatable bonds is 21. The van der Waals surface area contributed by atoms with Gasteiger partial charge in [-0.2, -0.15) is 0 Å². The molecule has 0 bridgehead atoms. The van der Waals surface area contributed by atoms with Crippen LogP contribution in [0.3, 0.4) is 0 Å². The highest BCUT2D eigenvalue weighted by molar-refractivity contribution is 7.88. The zero-order valence-corrected chi connectivity index (χ0v) is 39.1. The standard InChI is InChI=1S/C46H70N4O11S/c1-43(2,3)59-35-23-21-32(22-24-35)28-37(40(53)61-45(7,8)9)49-41(54)46(25-15-16-26-46)29-34(39(52)60-44(4,5)6)30-48-38(51)36(50-62(10,56)57)20-14-17-27-47-42(55)58-31-33-18-12-11-13-19-33/h11-13,18-19,21-24,34,36-37,50H,14-17,20,25-31H2,1-10H3,(H,47,55)(H,48,51)(H,49,54)/t34-,36-,37-/m0/s1. The Labute approximate surface area is 368 Å². The molecular formula is C46H70N4O11S. The van der Waals surface area contributed by atoms with Crippen molar-refractivity contribution in [2.24, 2.45) is 11.3 Å².